The summed E-state index contributed by atoms with van der Waals surface area (Å²) in [6, 6.07) is 0. The average Bonchev–Trinajstić information content (AvgIpc) is 2.49. The van der Waals surface area contributed by atoms with Crippen molar-refractivity contribution < 1.29 is 33.3 Å². The maximum atomic E-state index is 9.53. The van der Waals surface area contributed by atoms with E-state index in [1.54, 1.807) is 32.4 Å². The zero-order valence-electron chi connectivity index (χ0n) is 13.5. The van der Waals surface area contributed by atoms with Gasteiger partial charge in [-0.25, -0.2) is 0 Å². The van der Waals surface area contributed by atoms with Crippen LogP contribution in [-0.4, -0.2) is 34.4 Å². The van der Waals surface area contributed by atoms with Crippen molar-refractivity contribution >= 4 is 12.7 Å². The third-order valence-corrected chi connectivity index (χ3v) is 3.08. The number of rotatable bonds is 1. The zero-order chi connectivity index (χ0) is 14.7. The van der Waals surface area contributed by atoms with Gasteiger partial charge in [0.1, 0.15) is 0 Å². The summed E-state index contributed by atoms with van der Waals surface area (Å²) in [4.78, 5) is 8.18. The van der Waals surface area contributed by atoms with Gasteiger partial charge in [-0.15, -0.1) is 6.10 Å². The van der Waals surface area contributed by atoms with Crippen molar-refractivity contribution in [3.05, 3.63) is 18.6 Å². The van der Waals surface area contributed by atoms with Crippen LogP contribution in [0.3, 0.4) is 0 Å². The average molecular weight is 272 g/mol. The topological polar surface area (TPSA) is 67.3 Å². The second-order valence-corrected chi connectivity index (χ2v) is 5.77. The second-order valence-electron chi connectivity index (χ2n) is 5.77. The first-order chi connectivity index (χ1) is 8.66. The van der Waals surface area contributed by atoms with E-state index in [2.05, 4.69) is 9.97 Å². The predicted octanol–water partition coefficient (Wildman–Crippen LogP) is -2.47. The quantitative estimate of drug-likeness (QED) is 0.530. The van der Waals surface area contributed by atoms with Gasteiger partial charge >= 0.3 is 26.0 Å². The van der Waals surface area contributed by atoms with E-state index < -0.39 is 13.2 Å². The number of aromatic nitrogens is 2. The Hall–Kier alpha value is -0.378. The van der Waals surface area contributed by atoms with Crippen LogP contribution in [0.4, 0.5) is 0 Å². The molecule has 0 atom stereocenters. The molecule has 0 bridgehead atoms. The molecule has 0 spiro atoms. The Kier molecular flexibility index (Phi) is 7.44. The largest absolute Gasteiger partial charge is 1.00 e. The molecule has 0 unspecified atom stereocenters. The normalized spacial score (nSPS) is 19.1. The van der Waals surface area contributed by atoms with Gasteiger partial charge in [0.15, 0.2) is 0 Å². The Morgan fingerprint density at radius 3 is 1.90 bits per heavy atom. The van der Waals surface area contributed by atoms with Crippen molar-refractivity contribution in [2.75, 3.05) is 0 Å². The molecule has 1 saturated heterocycles. The van der Waals surface area contributed by atoms with Gasteiger partial charge in [-0.3, -0.25) is 9.97 Å². The second kappa shape index (κ2) is 7.58. The van der Waals surface area contributed by atoms with Gasteiger partial charge in [0, 0.05) is 18.6 Å². The zero-order valence-corrected chi connectivity index (χ0v) is 13.5. The minimum atomic E-state index is -0.417. The van der Waals surface area contributed by atoms with Crippen LogP contribution in [0.5, 0.6) is 0 Å². The van der Waals surface area contributed by atoms with Gasteiger partial charge in [-0.2, -0.15) is 0 Å². The molecule has 1 aliphatic rings. The van der Waals surface area contributed by atoms with Gasteiger partial charge < -0.3 is 14.4 Å². The summed E-state index contributed by atoms with van der Waals surface area (Å²) in [5, 5.41) is 9.53. The Morgan fingerprint density at radius 1 is 1.10 bits per heavy atom. The number of hydrogen-bond donors (Lipinski definition) is 0. The van der Waals surface area contributed by atoms with Crippen molar-refractivity contribution in [1.29, 1.82) is 0 Å². The number of nitrogens with zero attached hydrogens (tertiary/aromatic N) is 2. The smallest absolute Gasteiger partial charge is 0.852 e. The Bertz CT molecular complexity index is 383. The summed E-state index contributed by atoms with van der Waals surface area (Å²) in [5.74, 6) is 0. The summed E-state index contributed by atoms with van der Waals surface area (Å²) in [6.07, 6.45) is 4.53. The van der Waals surface area contributed by atoms with E-state index in [4.69, 9.17) is 9.31 Å². The molecule has 0 radical (unpaired) electrons. The van der Waals surface area contributed by atoms with Crippen molar-refractivity contribution in [1.82, 2.24) is 9.97 Å². The van der Waals surface area contributed by atoms with Gasteiger partial charge in [0.2, 0.25) is 0 Å². The molecular formula is C13H22BLiN2O3. The summed E-state index contributed by atoms with van der Waals surface area (Å²) < 4.78 is 11.7. The molecule has 106 valence electrons. The fraction of sp³-hybridized carbons (Fsp3) is 0.692. The molecule has 20 heavy (non-hydrogen) atoms. The van der Waals surface area contributed by atoms with Crippen LogP contribution in [0.1, 0.15) is 41.5 Å². The summed E-state index contributed by atoms with van der Waals surface area (Å²) in [6.45, 7) is 11.3. The Balaban J connectivity index is 0.000000644. The molecule has 5 nitrogen and oxygen atoms in total. The molecule has 0 saturated carbocycles. The van der Waals surface area contributed by atoms with Gasteiger partial charge in [0.25, 0.3) is 0 Å². The molecule has 1 aliphatic heterocycles. The first kappa shape index (κ1) is 19.6. The fourth-order valence-corrected chi connectivity index (χ4v) is 1.40. The van der Waals surface area contributed by atoms with Crippen LogP contribution in [0.2, 0.25) is 0 Å². The van der Waals surface area contributed by atoms with E-state index in [0.717, 1.165) is 5.59 Å². The first-order valence-corrected chi connectivity index (χ1v) is 6.43. The maximum absolute atomic E-state index is 9.53. The van der Waals surface area contributed by atoms with Crippen molar-refractivity contribution in [3.63, 3.8) is 0 Å². The summed E-state index contributed by atoms with van der Waals surface area (Å²) >= 11 is 0. The molecule has 2 rings (SSSR count). The standard InChI is InChI=1S/C10H15BN2O2.C3H7O.Li/c1-9(2)10(3,4)15-11(14-9)8-7-12-5-6-13-8;1-3(2)4;/h5-7H,1-4H3;3H,1-2H3;/q;-1;+1. The maximum Gasteiger partial charge on any atom is 1.00 e. The van der Waals surface area contributed by atoms with Gasteiger partial charge in [0.05, 0.1) is 16.8 Å². The molecule has 1 aromatic rings. The molecule has 0 aromatic carbocycles. The van der Waals surface area contributed by atoms with E-state index in [9.17, 15) is 5.11 Å². The van der Waals surface area contributed by atoms with E-state index >= 15 is 0 Å². The molecular weight excluding hydrogens is 250 g/mol. The van der Waals surface area contributed by atoms with Crippen LogP contribution in [-0.2, 0) is 9.31 Å². The SMILES string of the molecule is CC(C)[O-].CC1(C)OB(c2cnccn2)OC1(C)C.[Li+]. The molecule has 0 N–H and O–H groups in total. The van der Waals surface area contributed by atoms with Gasteiger partial charge in [-0.05, 0) is 27.7 Å². The van der Waals surface area contributed by atoms with Crippen LogP contribution >= 0.6 is 0 Å². The first-order valence-electron chi connectivity index (χ1n) is 6.43. The van der Waals surface area contributed by atoms with E-state index in [-0.39, 0.29) is 30.1 Å². The van der Waals surface area contributed by atoms with Crippen LogP contribution in [0.15, 0.2) is 18.6 Å². The van der Waals surface area contributed by atoms with E-state index in [1.807, 2.05) is 27.7 Å². The molecule has 0 amide bonds. The predicted molar refractivity (Wildman–Crippen MR) is 72.9 cm³/mol. The summed E-state index contributed by atoms with van der Waals surface area (Å²) in [5.41, 5.74) is 0.0702. The number of hydrogen-bond acceptors (Lipinski definition) is 5. The monoisotopic (exact) mass is 272 g/mol. The molecule has 1 aromatic heterocycles. The van der Waals surface area contributed by atoms with Crippen molar-refractivity contribution in [2.45, 2.75) is 58.8 Å². The molecule has 0 aliphatic carbocycles. The third-order valence-electron chi connectivity index (χ3n) is 3.08. The fourth-order valence-electron chi connectivity index (χ4n) is 1.40. The molecule has 2 heterocycles. The van der Waals surface area contributed by atoms with Crippen LogP contribution in [0.25, 0.3) is 0 Å². The van der Waals surface area contributed by atoms with Crippen LogP contribution in [0, 0.1) is 0 Å². The minimum Gasteiger partial charge on any atom is -0.852 e. The molecule has 7 heteroatoms. The van der Waals surface area contributed by atoms with E-state index in [0.29, 0.717) is 0 Å². The molecule has 1 fully saturated rings. The van der Waals surface area contributed by atoms with Crippen molar-refractivity contribution in [3.8, 4) is 0 Å². The Labute approximate surface area is 133 Å². The van der Waals surface area contributed by atoms with Crippen molar-refractivity contribution in [2.24, 2.45) is 0 Å². The van der Waals surface area contributed by atoms with Gasteiger partial charge in [-0.1, -0.05) is 13.8 Å². The summed E-state index contributed by atoms with van der Waals surface area (Å²) in [7, 11) is -0.413. The minimum absolute atomic E-state index is 0. The van der Waals surface area contributed by atoms with Crippen LogP contribution < -0.4 is 29.6 Å². The third kappa shape index (κ3) is 5.19. The Morgan fingerprint density at radius 2 is 1.55 bits per heavy atom. The van der Waals surface area contributed by atoms with E-state index in [1.165, 1.54) is 0 Å².